The molecular weight excluding hydrogens is 323 g/mol. The fraction of sp³-hybridized carbons (Fsp3) is 0.455. The molecule has 1 aromatic carbocycles. The lowest BCUT2D eigenvalue weighted by atomic mass is 10.2. The maximum atomic E-state index is 13.0. The van der Waals surface area contributed by atoms with Gasteiger partial charge in [-0.1, -0.05) is 0 Å². The van der Waals surface area contributed by atoms with Crippen molar-refractivity contribution in [2.75, 3.05) is 13.1 Å². The van der Waals surface area contributed by atoms with E-state index in [1.165, 1.54) is 10.4 Å². The van der Waals surface area contributed by atoms with E-state index in [0.717, 1.165) is 25.0 Å². The predicted octanol–water partition coefficient (Wildman–Crippen LogP) is 1.70. The minimum absolute atomic E-state index is 0.0873. The van der Waals surface area contributed by atoms with Gasteiger partial charge in [0.15, 0.2) is 0 Å². The van der Waals surface area contributed by atoms with Crippen LogP contribution < -0.4 is 5.73 Å². The van der Waals surface area contributed by atoms with Gasteiger partial charge in [0.05, 0.1) is 4.90 Å². The zero-order valence-corrected chi connectivity index (χ0v) is 12.0. The Bertz CT molecular complexity index is 550. The summed E-state index contributed by atoms with van der Waals surface area (Å²) in [6.45, 7) is 0.770. The van der Waals surface area contributed by atoms with Gasteiger partial charge < -0.3 is 5.73 Å². The van der Waals surface area contributed by atoms with Gasteiger partial charge in [-0.3, -0.25) is 0 Å². The normalized spacial score (nSPS) is 21.4. The third-order valence-corrected chi connectivity index (χ3v) is 6.00. The van der Waals surface area contributed by atoms with Crippen molar-refractivity contribution < 1.29 is 12.8 Å². The number of halogens is 2. The molecule has 0 amide bonds. The molecule has 0 bridgehead atoms. The Morgan fingerprint density at radius 2 is 2.22 bits per heavy atom. The van der Waals surface area contributed by atoms with Crippen molar-refractivity contribution in [1.29, 1.82) is 0 Å². The molecule has 0 aliphatic carbocycles. The molecule has 7 heteroatoms. The highest BCUT2D eigenvalue weighted by atomic mass is 79.9. The van der Waals surface area contributed by atoms with E-state index in [-0.39, 0.29) is 15.4 Å². The summed E-state index contributed by atoms with van der Waals surface area (Å²) in [5.74, 6) is -0.474. The number of sulfonamides is 1. The van der Waals surface area contributed by atoms with Gasteiger partial charge in [0.2, 0.25) is 10.0 Å². The summed E-state index contributed by atoms with van der Waals surface area (Å²) < 4.78 is 39.6. The largest absolute Gasteiger partial charge is 0.329 e. The van der Waals surface area contributed by atoms with Crippen LogP contribution in [0.3, 0.4) is 0 Å². The fourth-order valence-corrected chi connectivity index (χ4v) is 4.89. The molecule has 1 fully saturated rings. The second-order valence-corrected chi connectivity index (χ2v) is 6.94. The van der Waals surface area contributed by atoms with Crippen molar-refractivity contribution in [3.8, 4) is 0 Å². The second-order valence-electron chi connectivity index (χ2n) is 4.22. The first-order valence-corrected chi connectivity index (χ1v) is 7.87. The molecule has 1 aliphatic heterocycles. The Kier molecular flexibility index (Phi) is 4.05. The summed E-state index contributed by atoms with van der Waals surface area (Å²) in [6, 6.07) is 3.42. The molecule has 1 saturated heterocycles. The van der Waals surface area contributed by atoms with E-state index in [0.29, 0.717) is 13.1 Å². The molecule has 0 spiro atoms. The molecule has 0 aromatic heterocycles. The average molecular weight is 337 g/mol. The van der Waals surface area contributed by atoms with Crippen LogP contribution in [-0.2, 0) is 10.0 Å². The Morgan fingerprint density at radius 1 is 1.50 bits per heavy atom. The van der Waals surface area contributed by atoms with Crippen LogP contribution in [0, 0.1) is 5.82 Å². The lowest BCUT2D eigenvalue weighted by Crippen LogP contribution is -2.39. The molecule has 4 nitrogen and oxygen atoms in total. The summed E-state index contributed by atoms with van der Waals surface area (Å²) in [5.41, 5.74) is 5.58. The maximum absolute atomic E-state index is 13.0. The molecule has 2 rings (SSSR count). The van der Waals surface area contributed by atoms with E-state index in [1.807, 2.05) is 0 Å². The molecule has 1 atom stereocenters. The van der Waals surface area contributed by atoms with Gasteiger partial charge >= 0.3 is 0 Å². The van der Waals surface area contributed by atoms with Crippen LogP contribution in [0.1, 0.15) is 12.8 Å². The van der Waals surface area contributed by atoms with Gasteiger partial charge in [-0.25, -0.2) is 12.8 Å². The quantitative estimate of drug-likeness (QED) is 0.913. The summed E-state index contributed by atoms with van der Waals surface area (Å²) in [6.07, 6.45) is 1.58. The molecule has 1 aliphatic rings. The molecule has 100 valence electrons. The molecule has 0 unspecified atom stereocenters. The van der Waals surface area contributed by atoms with Crippen molar-refractivity contribution in [3.05, 3.63) is 28.5 Å². The minimum Gasteiger partial charge on any atom is -0.329 e. The van der Waals surface area contributed by atoms with Crippen LogP contribution in [0.25, 0.3) is 0 Å². The predicted molar refractivity (Wildman–Crippen MR) is 70.1 cm³/mol. The molecule has 1 aromatic rings. The summed E-state index contributed by atoms with van der Waals surface area (Å²) in [7, 11) is -3.61. The molecule has 2 N–H and O–H groups in total. The van der Waals surface area contributed by atoms with Crippen molar-refractivity contribution in [3.63, 3.8) is 0 Å². The monoisotopic (exact) mass is 336 g/mol. The van der Waals surface area contributed by atoms with E-state index in [4.69, 9.17) is 5.73 Å². The number of hydrogen-bond acceptors (Lipinski definition) is 3. The number of rotatable bonds is 3. The minimum atomic E-state index is -3.61. The van der Waals surface area contributed by atoms with Gasteiger partial charge in [-0.05, 0) is 47.0 Å². The van der Waals surface area contributed by atoms with Crippen LogP contribution in [0.15, 0.2) is 27.6 Å². The highest BCUT2D eigenvalue weighted by molar-refractivity contribution is 9.10. The van der Waals surface area contributed by atoms with E-state index in [1.54, 1.807) is 0 Å². The summed E-state index contributed by atoms with van der Waals surface area (Å²) >= 11 is 3.09. The molecule has 0 radical (unpaired) electrons. The first-order valence-electron chi connectivity index (χ1n) is 5.64. The Hall–Kier alpha value is -0.500. The summed E-state index contributed by atoms with van der Waals surface area (Å²) in [5, 5.41) is 0. The van der Waals surface area contributed by atoms with Gasteiger partial charge in [0.1, 0.15) is 5.82 Å². The average Bonchev–Trinajstić information content (AvgIpc) is 2.76. The first-order chi connectivity index (χ1) is 8.46. The van der Waals surface area contributed by atoms with Crippen LogP contribution in [0.5, 0.6) is 0 Å². The smallest absolute Gasteiger partial charge is 0.244 e. The maximum Gasteiger partial charge on any atom is 0.244 e. The molecular formula is C11H14BrFN2O2S. The van der Waals surface area contributed by atoms with Crippen LogP contribution in [0.2, 0.25) is 0 Å². The SMILES string of the molecule is NC[C@H]1CCCN1S(=O)(=O)c1ccc(F)cc1Br. The van der Waals surface area contributed by atoms with E-state index in [9.17, 15) is 12.8 Å². The van der Waals surface area contributed by atoms with Gasteiger partial charge in [0.25, 0.3) is 0 Å². The summed E-state index contributed by atoms with van der Waals surface area (Å²) in [4.78, 5) is 0.0873. The standard InChI is InChI=1S/C11H14BrFN2O2S/c12-10-6-8(13)3-4-11(10)18(16,17)15-5-1-2-9(15)7-14/h3-4,6,9H,1-2,5,7,14H2/t9-/m1/s1. The van der Waals surface area contributed by atoms with Crippen molar-refractivity contribution in [2.45, 2.75) is 23.8 Å². The first kappa shape index (κ1) is 13.9. The topological polar surface area (TPSA) is 63.4 Å². The highest BCUT2D eigenvalue weighted by Crippen LogP contribution is 2.30. The molecule has 18 heavy (non-hydrogen) atoms. The van der Waals surface area contributed by atoms with Crippen molar-refractivity contribution in [2.24, 2.45) is 5.73 Å². The highest BCUT2D eigenvalue weighted by Gasteiger charge is 2.35. The van der Waals surface area contributed by atoms with Gasteiger partial charge in [-0.15, -0.1) is 0 Å². The van der Waals surface area contributed by atoms with Crippen molar-refractivity contribution >= 4 is 26.0 Å². The fourth-order valence-electron chi connectivity index (χ4n) is 2.17. The van der Waals surface area contributed by atoms with Crippen LogP contribution >= 0.6 is 15.9 Å². The van der Waals surface area contributed by atoms with E-state index < -0.39 is 15.8 Å². The van der Waals surface area contributed by atoms with Gasteiger partial charge in [0, 0.05) is 23.6 Å². The third-order valence-electron chi connectivity index (χ3n) is 3.08. The van der Waals surface area contributed by atoms with Crippen molar-refractivity contribution in [1.82, 2.24) is 4.31 Å². The Balaban J connectivity index is 2.42. The Labute approximate surface area is 114 Å². The third kappa shape index (κ3) is 2.45. The van der Waals surface area contributed by atoms with Crippen LogP contribution in [-0.4, -0.2) is 31.9 Å². The molecule has 1 heterocycles. The lowest BCUT2D eigenvalue weighted by molar-refractivity contribution is 0.393. The van der Waals surface area contributed by atoms with E-state index >= 15 is 0 Å². The zero-order valence-electron chi connectivity index (χ0n) is 9.64. The molecule has 0 saturated carbocycles. The zero-order chi connectivity index (χ0) is 13.3. The van der Waals surface area contributed by atoms with Gasteiger partial charge in [-0.2, -0.15) is 4.31 Å². The number of benzene rings is 1. The lowest BCUT2D eigenvalue weighted by Gasteiger charge is -2.23. The number of hydrogen-bond donors (Lipinski definition) is 1. The second kappa shape index (κ2) is 5.24. The number of nitrogens with two attached hydrogens (primary N) is 1. The van der Waals surface area contributed by atoms with E-state index in [2.05, 4.69) is 15.9 Å². The van der Waals surface area contributed by atoms with Crippen LogP contribution in [0.4, 0.5) is 4.39 Å². The Morgan fingerprint density at radius 3 is 2.83 bits per heavy atom. The number of nitrogens with zero attached hydrogens (tertiary/aromatic N) is 1.